The first-order chi connectivity index (χ1) is 17.4. The van der Waals surface area contributed by atoms with Gasteiger partial charge in [0.05, 0.1) is 16.9 Å². The van der Waals surface area contributed by atoms with Gasteiger partial charge in [0.2, 0.25) is 0 Å². The molecule has 0 saturated heterocycles. The summed E-state index contributed by atoms with van der Waals surface area (Å²) in [4.78, 5) is 18.8. The van der Waals surface area contributed by atoms with Crippen molar-refractivity contribution < 1.29 is 0 Å². The number of nitrogens with zero attached hydrogens (tertiary/aromatic N) is 2. The highest BCUT2D eigenvalue weighted by Crippen LogP contribution is 2.32. The molecular formula is C30H23Cl3N2O. The third-order valence-electron chi connectivity index (χ3n) is 6.21. The molecule has 0 unspecified atom stereocenters. The van der Waals surface area contributed by atoms with E-state index in [9.17, 15) is 4.79 Å². The molecule has 180 valence electrons. The van der Waals surface area contributed by atoms with Crippen LogP contribution < -0.4 is 5.56 Å². The number of halogens is 3. The normalized spacial score (nSPS) is 11.2. The van der Waals surface area contributed by atoms with Gasteiger partial charge in [0, 0.05) is 43.7 Å². The summed E-state index contributed by atoms with van der Waals surface area (Å²) in [5, 5.41) is 2.86. The number of benzene rings is 3. The summed E-state index contributed by atoms with van der Waals surface area (Å²) in [5.74, 6) is 0. The Labute approximate surface area is 224 Å². The lowest BCUT2D eigenvalue weighted by Gasteiger charge is -2.15. The van der Waals surface area contributed by atoms with Crippen LogP contribution in [0, 0.1) is 0 Å². The monoisotopic (exact) mass is 532 g/mol. The van der Waals surface area contributed by atoms with Crippen LogP contribution in [0.1, 0.15) is 19.8 Å². The summed E-state index contributed by atoms with van der Waals surface area (Å²) in [6.45, 7) is 2.76. The van der Waals surface area contributed by atoms with Crippen molar-refractivity contribution in [1.29, 1.82) is 0 Å². The predicted octanol–water partition coefficient (Wildman–Crippen LogP) is 9.16. The molecule has 5 aromatic rings. The lowest BCUT2D eigenvalue weighted by Crippen LogP contribution is -2.22. The first-order valence-corrected chi connectivity index (χ1v) is 12.9. The number of fused-ring (bicyclic) bond motifs is 1. The van der Waals surface area contributed by atoms with Crippen molar-refractivity contribution >= 4 is 45.7 Å². The lowest BCUT2D eigenvalue weighted by atomic mass is 9.99. The fourth-order valence-corrected chi connectivity index (χ4v) is 4.76. The molecule has 0 bridgehead atoms. The lowest BCUT2D eigenvalue weighted by molar-refractivity contribution is 0.633. The van der Waals surface area contributed by atoms with E-state index >= 15 is 0 Å². The second kappa shape index (κ2) is 10.5. The van der Waals surface area contributed by atoms with Gasteiger partial charge >= 0.3 is 0 Å². The highest BCUT2D eigenvalue weighted by atomic mass is 35.5. The van der Waals surface area contributed by atoms with Crippen molar-refractivity contribution in [1.82, 2.24) is 9.55 Å². The van der Waals surface area contributed by atoms with Crippen molar-refractivity contribution in [3.8, 4) is 33.6 Å². The second-order valence-corrected chi connectivity index (χ2v) is 10.0. The molecule has 0 aliphatic heterocycles. The van der Waals surface area contributed by atoms with E-state index in [1.807, 2.05) is 89.5 Å². The summed E-state index contributed by atoms with van der Waals surface area (Å²) >= 11 is 18.6. The van der Waals surface area contributed by atoms with Crippen LogP contribution >= 0.6 is 34.8 Å². The molecule has 0 spiro atoms. The number of hydrogen-bond donors (Lipinski definition) is 0. The maximum Gasteiger partial charge on any atom is 0.258 e. The van der Waals surface area contributed by atoms with Gasteiger partial charge in [-0.1, -0.05) is 72.4 Å². The van der Waals surface area contributed by atoms with Crippen molar-refractivity contribution in [2.24, 2.45) is 0 Å². The van der Waals surface area contributed by atoms with Gasteiger partial charge in [-0.2, -0.15) is 0 Å². The van der Waals surface area contributed by atoms with Gasteiger partial charge in [-0.3, -0.25) is 4.79 Å². The van der Waals surface area contributed by atoms with Gasteiger partial charge in [0.25, 0.3) is 5.56 Å². The molecule has 36 heavy (non-hydrogen) atoms. The standard InChI is InChI=1S/C30H23Cl3N2O/c1-2-3-14-35-29-13-12-25(33)15-22(29)16-26(30(35)36)21-17-27(19-4-8-23(31)9-5-19)34-28(18-21)20-6-10-24(32)11-7-20/h4-13,15-18H,2-3,14H2,1H3. The highest BCUT2D eigenvalue weighted by Gasteiger charge is 2.15. The Morgan fingerprint density at radius 3 is 1.81 bits per heavy atom. The highest BCUT2D eigenvalue weighted by molar-refractivity contribution is 6.31. The number of aromatic nitrogens is 2. The molecule has 5 rings (SSSR count). The van der Waals surface area contributed by atoms with E-state index in [0.29, 0.717) is 27.2 Å². The molecule has 0 atom stereocenters. The van der Waals surface area contributed by atoms with Crippen LogP contribution in [0.5, 0.6) is 0 Å². The Kier molecular flexibility index (Phi) is 7.15. The first-order valence-electron chi connectivity index (χ1n) is 11.8. The van der Waals surface area contributed by atoms with E-state index in [0.717, 1.165) is 51.8 Å². The van der Waals surface area contributed by atoms with Crippen LogP contribution in [0.15, 0.2) is 89.7 Å². The molecule has 2 aromatic heterocycles. The van der Waals surface area contributed by atoms with Crippen LogP contribution in [0.2, 0.25) is 15.1 Å². The number of rotatable bonds is 6. The SMILES string of the molecule is CCCCn1c(=O)c(-c2cc(-c3ccc(Cl)cc3)nc(-c3ccc(Cl)cc3)c2)cc2cc(Cl)ccc21. The fraction of sp³-hybridized carbons (Fsp3) is 0.133. The third kappa shape index (κ3) is 5.05. The fourth-order valence-electron chi connectivity index (χ4n) is 4.33. The van der Waals surface area contributed by atoms with Crippen LogP contribution in [0.3, 0.4) is 0 Å². The summed E-state index contributed by atoms with van der Waals surface area (Å²) in [7, 11) is 0. The van der Waals surface area contributed by atoms with E-state index in [1.54, 1.807) is 0 Å². The number of aryl methyl sites for hydroxylation is 1. The van der Waals surface area contributed by atoms with E-state index in [-0.39, 0.29) is 5.56 Å². The maximum absolute atomic E-state index is 13.8. The molecule has 3 aromatic carbocycles. The van der Waals surface area contributed by atoms with Crippen LogP contribution in [0.25, 0.3) is 44.5 Å². The number of hydrogen-bond acceptors (Lipinski definition) is 2. The predicted molar refractivity (Wildman–Crippen MR) is 152 cm³/mol. The number of unbranched alkanes of at least 4 members (excludes halogenated alkanes) is 1. The average Bonchev–Trinajstić information content (AvgIpc) is 2.88. The number of pyridine rings is 2. The summed E-state index contributed by atoms with van der Waals surface area (Å²) in [5.41, 5.74) is 5.56. The maximum atomic E-state index is 13.8. The Bertz CT molecular complexity index is 1540. The van der Waals surface area contributed by atoms with Gasteiger partial charge in [0.15, 0.2) is 0 Å². The van der Waals surface area contributed by atoms with Crippen molar-refractivity contribution in [2.45, 2.75) is 26.3 Å². The minimum atomic E-state index is -0.0337. The molecule has 0 radical (unpaired) electrons. The summed E-state index contributed by atoms with van der Waals surface area (Å²) < 4.78 is 1.86. The first kappa shape index (κ1) is 24.6. The van der Waals surface area contributed by atoms with E-state index < -0.39 is 0 Å². The van der Waals surface area contributed by atoms with Crippen LogP contribution in [-0.4, -0.2) is 9.55 Å². The summed E-state index contributed by atoms with van der Waals surface area (Å²) in [6.07, 6.45) is 1.89. The van der Waals surface area contributed by atoms with E-state index in [1.165, 1.54) is 0 Å². The van der Waals surface area contributed by atoms with Crippen molar-refractivity contribution in [3.05, 3.63) is 110 Å². The smallest absolute Gasteiger partial charge is 0.258 e. The van der Waals surface area contributed by atoms with Gasteiger partial charge in [-0.15, -0.1) is 0 Å². The van der Waals surface area contributed by atoms with Crippen molar-refractivity contribution in [2.75, 3.05) is 0 Å². The molecule has 0 amide bonds. The molecular weight excluding hydrogens is 511 g/mol. The molecule has 0 aliphatic carbocycles. The van der Waals surface area contributed by atoms with E-state index in [2.05, 4.69) is 6.92 Å². The molecule has 2 heterocycles. The van der Waals surface area contributed by atoms with Crippen molar-refractivity contribution in [3.63, 3.8) is 0 Å². The Morgan fingerprint density at radius 1 is 0.694 bits per heavy atom. The Morgan fingerprint density at radius 2 is 1.25 bits per heavy atom. The molecule has 0 saturated carbocycles. The second-order valence-electron chi connectivity index (χ2n) is 8.71. The topological polar surface area (TPSA) is 34.9 Å². The minimum Gasteiger partial charge on any atom is -0.308 e. The van der Waals surface area contributed by atoms with Crippen LogP contribution in [0.4, 0.5) is 0 Å². The zero-order chi connectivity index (χ0) is 25.2. The minimum absolute atomic E-state index is 0.0337. The van der Waals surface area contributed by atoms with E-state index in [4.69, 9.17) is 39.8 Å². The van der Waals surface area contributed by atoms with Gasteiger partial charge < -0.3 is 4.57 Å². The van der Waals surface area contributed by atoms with Crippen LogP contribution in [-0.2, 0) is 6.54 Å². The third-order valence-corrected chi connectivity index (χ3v) is 6.95. The summed E-state index contributed by atoms with van der Waals surface area (Å²) in [6, 6.07) is 26.6. The zero-order valence-electron chi connectivity index (χ0n) is 19.6. The quantitative estimate of drug-likeness (QED) is 0.218. The molecule has 0 fully saturated rings. The van der Waals surface area contributed by atoms with Gasteiger partial charge in [-0.25, -0.2) is 4.98 Å². The van der Waals surface area contributed by atoms with Gasteiger partial charge in [-0.05, 0) is 72.6 Å². The average molecular weight is 534 g/mol. The molecule has 3 nitrogen and oxygen atoms in total. The Hall–Kier alpha value is -3.11. The molecule has 0 N–H and O–H groups in total. The molecule has 0 aliphatic rings. The largest absolute Gasteiger partial charge is 0.308 e. The zero-order valence-corrected chi connectivity index (χ0v) is 21.9. The van der Waals surface area contributed by atoms with Gasteiger partial charge in [0.1, 0.15) is 0 Å². The Balaban J connectivity index is 1.77. The molecule has 6 heteroatoms.